The summed E-state index contributed by atoms with van der Waals surface area (Å²) in [5, 5.41) is 9.63. The van der Waals surface area contributed by atoms with E-state index in [2.05, 4.69) is 9.72 Å². The second-order valence-electron chi connectivity index (χ2n) is 5.03. The maximum Gasteiger partial charge on any atom is 0.379 e. The number of Topliss-reactive ketones (excluding diaryl/α,β-unsaturated/α-hetero) is 1. The smallest absolute Gasteiger partial charge is 0.379 e. The lowest BCUT2D eigenvalue weighted by Crippen LogP contribution is -2.31. The Hall–Kier alpha value is -2.67. The number of benzene rings is 1. The van der Waals surface area contributed by atoms with Crippen molar-refractivity contribution in [2.75, 3.05) is 20.3 Å². The summed E-state index contributed by atoms with van der Waals surface area (Å²) in [6.45, 7) is 1.81. The number of aliphatic hydroxyl groups excluding tert-OH is 1. The molecule has 23 heavy (non-hydrogen) atoms. The van der Waals surface area contributed by atoms with E-state index in [1.165, 1.54) is 18.0 Å². The highest BCUT2D eigenvalue weighted by molar-refractivity contribution is 6.43. The van der Waals surface area contributed by atoms with E-state index in [1.807, 2.05) is 6.07 Å². The van der Waals surface area contributed by atoms with Gasteiger partial charge in [-0.05, 0) is 5.56 Å². The van der Waals surface area contributed by atoms with Gasteiger partial charge in [0.05, 0.1) is 24.8 Å². The monoisotopic (exact) mass is 318 g/mol. The number of carbonyl (C=O) groups is 3. The Kier molecular flexibility index (Phi) is 5.13. The molecule has 1 amide bonds. The molecule has 1 heterocycles. The van der Waals surface area contributed by atoms with Crippen LogP contribution in [0.5, 0.6) is 0 Å². The molecule has 1 aromatic carbocycles. The number of H-pyrrole nitrogens is 1. The van der Waals surface area contributed by atoms with Gasteiger partial charge in [0.15, 0.2) is 0 Å². The van der Waals surface area contributed by atoms with Crippen LogP contribution in [0.1, 0.15) is 22.8 Å². The maximum atomic E-state index is 12.0. The number of hydrogen-bond acceptors (Lipinski definition) is 5. The molecular weight excluding hydrogens is 300 g/mol. The fourth-order valence-electron chi connectivity index (χ4n) is 2.41. The van der Waals surface area contributed by atoms with E-state index in [0.717, 1.165) is 12.7 Å². The second kappa shape index (κ2) is 7.06. The number of ether oxygens (including phenoxy) is 1. The van der Waals surface area contributed by atoms with Gasteiger partial charge < -0.3 is 19.7 Å². The van der Waals surface area contributed by atoms with Crippen LogP contribution >= 0.6 is 0 Å². The molecule has 0 spiro atoms. The number of amides is 1. The predicted molar refractivity (Wildman–Crippen MR) is 82.8 cm³/mol. The lowest BCUT2D eigenvalue weighted by atomic mass is 10.1. The maximum absolute atomic E-state index is 12.0. The predicted octanol–water partition coefficient (Wildman–Crippen LogP) is 0.864. The first-order valence-electron chi connectivity index (χ1n) is 7.07. The van der Waals surface area contributed by atoms with E-state index in [-0.39, 0.29) is 24.6 Å². The molecule has 1 aromatic heterocycles. The van der Waals surface area contributed by atoms with Crippen molar-refractivity contribution in [1.82, 2.24) is 9.88 Å². The first kappa shape index (κ1) is 16.7. The molecule has 0 unspecified atom stereocenters. The summed E-state index contributed by atoms with van der Waals surface area (Å²) in [5.74, 6) is -1.81. The van der Waals surface area contributed by atoms with Crippen molar-refractivity contribution in [2.45, 2.75) is 13.5 Å². The van der Waals surface area contributed by atoms with Gasteiger partial charge in [-0.1, -0.05) is 18.2 Å². The number of nitrogens with zero attached hydrogens (tertiary/aromatic N) is 1. The number of carbonyl (C=O) groups excluding carboxylic acids is 3. The quantitative estimate of drug-likeness (QED) is 0.467. The normalized spacial score (nSPS) is 10.6. The molecule has 2 aromatic rings. The minimum Gasteiger partial charge on any atom is -0.463 e. The molecule has 0 saturated heterocycles. The van der Waals surface area contributed by atoms with Crippen molar-refractivity contribution < 1.29 is 24.2 Å². The molecule has 0 aliphatic heterocycles. The van der Waals surface area contributed by atoms with E-state index >= 15 is 0 Å². The van der Waals surface area contributed by atoms with Crippen LogP contribution in [0.25, 0.3) is 10.9 Å². The topological polar surface area (TPSA) is 99.7 Å². The largest absolute Gasteiger partial charge is 0.463 e. The van der Waals surface area contributed by atoms with E-state index in [0.29, 0.717) is 17.4 Å². The van der Waals surface area contributed by atoms with Gasteiger partial charge in [0, 0.05) is 31.6 Å². The van der Waals surface area contributed by atoms with Crippen molar-refractivity contribution in [1.29, 1.82) is 0 Å². The van der Waals surface area contributed by atoms with Crippen molar-refractivity contribution in [3.8, 4) is 0 Å². The molecule has 0 saturated carbocycles. The lowest BCUT2D eigenvalue weighted by Gasteiger charge is -2.20. The Labute approximate surface area is 132 Å². The first-order valence-corrected chi connectivity index (χ1v) is 7.07. The van der Waals surface area contributed by atoms with Crippen molar-refractivity contribution in [3.05, 3.63) is 35.5 Å². The standard InChI is InChI=1S/C16H18N2O5/c1-10(20)18(6-7-19)9-11-4-3-5-12-13(8-17-14(11)12)15(21)16(22)23-2/h3-5,8,17,19H,6-7,9H2,1-2H3. The zero-order valence-corrected chi connectivity index (χ0v) is 13.0. The highest BCUT2D eigenvalue weighted by atomic mass is 16.5. The third-order valence-electron chi connectivity index (χ3n) is 3.59. The third-order valence-corrected chi connectivity index (χ3v) is 3.59. The van der Waals surface area contributed by atoms with Crippen molar-refractivity contribution in [3.63, 3.8) is 0 Å². The van der Waals surface area contributed by atoms with Crippen LogP contribution in [0.15, 0.2) is 24.4 Å². The number of esters is 1. The lowest BCUT2D eigenvalue weighted by molar-refractivity contribution is -0.135. The van der Waals surface area contributed by atoms with E-state index < -0.39 is 11.8 Å². The van der Waals surface area contributed by atoms with Crippen LogP contribution < -0.4 is 0 Å². The first-order chi connectivity index (χ1) is 11.0. The highest BCUT2D eigenvalue weighted by Gasteiger charge is 2.21. The van der Waals surface area contributed by atoms with Gasteiger partial charge in [-0.15, -0.1) is 0 Å². The van der Waals surface area contributed by atoms with E-state index in [4.69, 9.17) is 5.11 Å². The van der Waals surface area contributed by atoms with Gasteiger partial charge in [-0.2, -0.15) is 0 Å². The average Bonchev–Trinajstić information content (AvgIpc) is 2.97. The summed E-state index contributed by atoms with van der Waals surface area (Å²) < 4.78 is 4.46. The fourth-order valence-corrected chi connectivity index (χ4v) is 2.41. The third kappa shape index (κ3) is 3.40. The highest BCUT2D eigenvalue weighted by Crippen LogP contribution is 2.23. The molecule has 0 atom stereocenters. The van der Waals surface area contributed by atoms with Crippen LogP contribution in [0, 0.1) is 0 Å². The van der Waals surface area contributed by atoms with Crippen molar-refractivity contribution >= 4 is 28.6 Å². The van der Waals surface area contributed by atoms with Crippen LogP contribution in [-0.2, 0) is 20.9 Å². The molecule has 7 nitrogen and oxygen atoms in total. The van der Waals surface area contributed by atoms with Gasteiger partial charge >= 0.3 is 5.97 Å². The number of rotatable bonds is 6. The van der Waals surface area contributed by atoms with Gasteiger partial charge in [0.2, 0.25) is 5.91 Å². The Balaban J connectivity index is 2.40. The van der Waals surface area contributed by atoms with Crippen LogP contribution in [-0.4, -0.2) is 52.9 Å². The summed E-state index contributed by atoms with van der Waals surface area (Å²) in [6, 6.07) is 5.28. The minimum absolute atomic E-state index is 0.133. The molecule has 0 aliphatic carbocycles. The van der Waals surface area contributed by atoms with Gasteiger partial charge in [-0.3, -0.25) is 9.59 Å². The molecule has 7 heteroatoms. The summed E-state index contributed by atoms with van der Waals surface area (Å²) in [6.07, 6.45) is 1.46. The number of aromatic amines is 1. The summed E-state index contributed by atoms with van der Waals surface area (Å²) >= 11 is 0. The Bertz CT molecular complexity index is 750. The molecule has 0 bridgehead atoms. The van der Waals surface area contributed by atoms with Crippen LogP contribution in [0.4, 0.5) is 0 Å². The molecule has 0 radical (unpaired) electrons. The fraction of sp³-hybridized carbons (Fsp3) is 0.312. The Morgan fingerprint density at radius 1 is 1.30 bits per heavy atom. The Morgan fingerprint density at radius 2 is 2.04 bits per heavy atom. The van der Waals surface area contributed by atoms with Gasteiger partial charge in [0.1, 0.15) is 0 Å². The van der Waals surface area contributed by atoms with Crippen LogP contribution in [0.2, 0.25) is 0 Å². The number of methoxy groups -OCH3 is 1. The summed E-state index contributed by atoms with van der Waals surface area (Å²) in [7, 11) is 1.15. The number of ketones is 1. The number of aliphatic hydroxyl groups is 1. The number of hydrogen-bond donors (Lipinski definition) is 2. The van der Waals surface area contributed by atoms with E-state index in [1.54, 1.807) is 12.1 Å². The van der Waals surface area contributed by atoms with E-state index in [9.17, 15) is 14.4 Å². The van der Waals surface area contributed by atoms with Gasteiger partial charge in [0.25, 0.3) is 5.78 Å². The molecule has 0 aliphatic rings. The summed E-state index contributed by atoms with van der Waals surface area (Å²) in [5.41, 5.74) is 1.68. The van der Waals surface area contributed by atoms with Gasteiger partial charge in [-0.25, -0.2) is 4.79 Å². The molecule has 2 rings (SSSR count). The number of para-hydroxylation sites is 1. The van der Waals surface area contributed by atoms with Crippen LogP contribution in [0.3, 0.4) is 0 Å². The molecule has 122 valence electrons. The summed E-state index contributed by atoms with van der Waals surface area (Å²) in [4.78, 5) is 39.5. The number of fused-ring (bicyclic) bond motifs is 1. The zero-order valence-electron chi connectivity index (χ0n) is 13.0. The SMILES string of the molecule is COC(=O)C(=O)c1c[nH]c2c(CN(CCO)C(C)=O)cccc12. The second-order valence-corrected chi connectivity index (χ2v) is 5.03. The zero-order chi connectivity index (χ0) is 17.0. The van der Waals surface area contributed by atoms with Crippen molar-refractivity contribution in [2.24, 2.45) is 0 Å². The molecular formula is C16H18N2O5. The molecule has 0 fully saturated rings. The minimum atomic E-state index is -0.929. The molecule has 2 N–H and O–H groups in total. The number of aromatic nitrogens is 1. The number of nitrogens with one attached hydrogen (secondary N) is 1. The average molecular weight is 318 g/mol. The Morgan fingerprint density at radius 3 is 2.65 bits per heavy atom.